The molecule has 0 aliphatic carbocycles. The fraction of sp³-hybridized carbons (Fsp3) is 0.391. The highest BCUT2D eigenvalue weighted by atomic mass is 79.9. The predicted molar refractivity (Wildman–Crippen MR) is 137 cm³/mol. The van der Waals surface area contributed by atoms with E-state index in [1.54, 1.807) is 31.2 Å². The summed E-state index contributed by atoms with van der Waals surface area (Å²) < 4.78 is 26.7. The van der Waals surface area contributed by atoms with Crippen LogP contribution >= 0.6 is 15.9 Å². The summed E-state index contributed by atoms with van der Waals surface area (Å²) in [5.41, 5.74) is 0.415. The van der Waals surface area contributed by atoms with Crippen molar-refractivity contribution in [2.45, 2.75) is 33.4 Å². The maximum atomic E-state index is 13.4. The lowest BCUT2D eigenvalue weighted by atomic mass is 10.1. The summed E-state index contributed by atoms with van der Waals surface area (Å²) >= 11 is 3.36. The third-order valence-corrected chi connectivity index (χ3v) is 6.79. The van der Waals surface area contributed by atoms with Gasteiger partial charge in [-0.25, -0.2) is 8.42 Å². The van der Waals surface area contributed by atoms with E-state index < -0.39 is 33.4 Å². The van der Waals surface area contributed by atoms with Crippen LogP contribution in [0.3, 0.4) is 0 Å². The molecule has 2 aromatic rings. The maximum Gasteiger partial charge on any atom is 0.271 e. The molecule has 12 heteroatoms. The Morgan fingerprint density at radius 1 is 1.11 bits per heavy atom. The molecule has 0 fully saturated rings. The van der Waals surface area contributed by atoms with Crippen molar-refractivity contribution < 1.29 is 22.9 Å². The molecule has 35 heavy (non-hydrogen) atoms. The van der Waals surface area contributed by atoms with Crippen LogP contribution < -0.4 is 9.62 Å². The van der Waals surface area contributed by atoms with Gasteiger partial charge in [0.15, 0.2) is 0 Å². The second-order valence-electron chi connectivity index (χ2n) is 8.51. The number of sulfonamides is 1. The van der Waals surface area contributed by atoms with Crippen LogP contribution in [0.1, 0.15) is 26.3 Å². The van der Waals surface area contributed by atoms with E-state index in [0.717, 1.165) is 26.7 Å². The number of hydrogen-bond acceptors (Lipinski definition) is 6. The largest absolute Gasteiger partial charge is 0.354 e. The van der Waals surface area contributed by atoms with Gasteiger partial charge in [0.05, 0.1) is 16.9 Å². The normalized spacial score (nSPS) is 12.2. The van der Waals surface area contributed by atoms with Crippen molar-refractivity contribution in [1.82, 2.24) is 10.2 Å². The molecule has 2 aromatic carbocycles. The fourth-order valence-electron chi connectivity index (χ4n) is 3.20. The Hall–Kier alpha value is -2.99. The van der Waals surface area contributed by atoms with Gasteiger partial charge in [-0.05, 0) is 36.6 Å². The minimum atomic E-state index is -3.98. The summed E-state index contributed by atoms with van der Waals surface area (Å²) in [6.07, 6.45) is 0.914. The monoisotopic (exact) mass is 568 g/mol. The van der Waals surface area contributed by atoms with E-state index in [1.807, 2.05) is 13.8 Å². The van der Waals surface area contributed by atoms with Crippen molar-refractivity contribution in [2.75, 3.05) is 23.7 Å². The fourth-order valence-corrected chi connectivity index (χ4v) is 4.30. The highest BCUT2D eigenvalue weighted by Gasteiger charge is 2.30. The molecule has 0 saturated heterocycles. The molecule has 0 aliphatic rings. The average Bonchev–Trinajstić information content (AvgIpc) is 2.79. The smallest absolute Gasteiger partial charge is 0.271 e. The quantitative estimate of drug-likeness (QED) is 0.327. The molecule has 2 amide bonds. The lowest BCUT2D eigenvalue weighted by Crippen LogP contribution is -2.51. The summed E-state index contributed by atoms with van der Waals surface area (Å²) in [6, 6.07) is 11.3. The second kappa shape index (κ2) is 12.1. The van der Waals surface area contributed by atoms with Crippen LogP contribution in [0.25, 0.3) is 0 Å². The Morgan fingerprint density at radius 3 is 2.29 bits per heavy atom. The molecular formula is C23H29BrN4O6S. The summed E-state index contributed by atoms with van der Waals surface area (Å²) in [6.45, 7) is 5.32. The molecule has 1 N–H and O–H groups in total. The minimum Gasteiger partial charge on any atom is -0.354 e. The van der Waals surface area contributed by atoms with Gasteiger partial charge in [-0.2, -0.15) is 0 Å². The predicted octanol–water partition coefficient (Wildman–Crippen LogP) is 3.31. The standard InChI is InChI=1S/C23H29BrN4O6S/c1-16(2)13-25-23(30)17(3)26(14-18-8-10-19(24)11-9-18)22(29)15-27(35(4,33)34)20-6-5-7-21(12-20)28(31)32/h5-12,16-17H,13-15H2,1-4H3,(H,25,30)/t17-/m0/s1. The molecule has 0 spiro atoms. The molecule has 2 rings (SSSR count). The van der Waals surface area contributed by atoms with Crippen LogP contribution in [-0.2, 0) is 26.2 Å². The Labute approximate surface area is 213 Å². The number of halogens is 1. The van der Waals surface area contributed by atoms with E-state index in [4.69, 9.17) is 0 Å². The van der Waals surface area contributed by atoms with Crippen molar-refractivity contribution in [3.63, 3.8) is 0 Å². The number of nitro benzene ring substituents is 1. The minimum absolute atomic E-state index is 0.0180. The number of non-ortho nitro benzene ring substituents is 1. The van der Waals surface area contributed by atoms with E-state index in [0.29, 0.717) is 6.54 Å². The molecule has 0 saturated carbocycles. The Kier molecular flexibility index (Phi) is 9.78. The Bertz CT molecular complexity index is 1170. The van der Waals surface area contributed by atoms with Crippen molar-refractivity contribution >= 4 is 49.1 Å². The van der Waals surface area contributed by atoms with Crippen molar-refractivity contribution in [2.24, 2.45) is 5.92 Å². The molecule has 10 nitrogen and oxygen atoms in total. The van der Waals surface area contributed by atoms with Gasteiger partial charge in [0.2, 0.25) is 21.8 Å². The van der Waals surface area contributed by atoms with Gasteiger partial charge < -0.3 is 10.2 Å². The first-order valence-corrected chi connectivity index (χ1v) is 13.5. The van der Waals surface area contributed by atoms with Crippen molar-refractivity contribution in [3.05, 3.63) is 68.7 Å². The zero-order chi connectivity index (χ0) is 26.3. The lowest BCUT2D eigenvalue weighted by Gasteiger charge is -2.31. The highest BCUT2D eigenvalue weighted by Crippen LogP contribution is 2.24. The first-order valence-electron chi connectivity index (χ1n) is 10.8. The molecular weight excluding hydrogens is 540 g/mol. The summed E-state index contributed by atoms with van der Waals surface area (Å²) in [7, 11) is -3.98. The van der Waals surface area contributed by atoms with Crippen LogP contribution in [0.2, 0.25) is 0 Å². The third-order valence-electron chi connectivity index (χ3n) is 5.13. The SMILES string of the molecule is CC(C)CNC(=O)[C@H](C)N(Cc1ccc(Br)cc1)C(=O)CN(c1cccc([N+](=O)[O-])c1)S(C)(=O)=O. The topological polar surface area (TPSA) is 130 Å². The molecule has 0 aromatic heterocycles. The molecule has 0 unspecified atom stereocenters. The number of amides is 2. The number of nitro groups is 1. The number of anilines is 1. The van der Waals surface area contributed by atoms with Crippen LogP contribution in [0.5, 0.6) is 0 Å². The zero-order valence-electron chi connectivity index (χ0n) is 20.0. The first-order chi connectivity index (χ1) is 16.3. The molecule has 190 valence electrons. The Morgan fingerprint density at radius 2 is 1.74 bits per heavy atom. The van der Waals surface area contributed by atoms with E-state index in [9.17, 15) is 28.1 Å². The molecule has 0 radical (unpaired) electrons. The lowest BCUT2D eigenvalue weighted by molar-refractivity contribution is -0.384. The van der Waals surface area contributed by atoms with E-state index in [2.05, 4.69) is 21.2 Å². The number of nitrogens with one attached hydrogen (secondary N) is 1. The van der Waals surface area contributed by atoms with Gasteiger partial charge in [0.1, 0.15) is 12.6 Å². The van der Waals surface area contributed by atoms with Crippen LogP contribution in [0.4, 0.5) is 11.4 Å². The second-order valence-corrected chi connectivity index (χ2v) is 11.3. The van der Waals surface area contributed by atoms with E-state index in [-0.39, 0.29) is 29.7 Å². The summed E-state index contributed by atoms with van der Waals surface area (Å²) in [5, 5.41) is 14.0. The van der Waals surface area contributed by atoms with Gasteiger partial charge >= 0.3 is 0 Å². The molecule has 0 heterocycles. The third kappa shape index (κ3) is 8.32. The molecule has 0 bridgehead atoms. The molecule has 0 aliphatic heterocycles. The van der Waals surface area contributed by atoms with Gasteiger partial charge in [-0.1, -0.05) is 48.0 Å². The van der Waals surface area contributed by atoms with Crippen LogP contribution in [-0.4, -0.2) is 55.4 Å². The van der Waals surface area contributed by atoms with Crippen molar-refractivity contribution in [3.8, 4) is 0 Å². The number of carbonyl (C=O) groups excluding carboxylic acids is 2. The number of benzene rings is 2. The first kappa shape index (κ1) is 28.2. The number of hydrogen-bond donors (Lipinski definition) is 1. The Balaban J connectivity index is 2.39. The summed E-state index contributed by atoms with van der Waals surface area (Å²) in [4.78, 5) is 38.1. The van der Waals surface area contributed by atoms with Gasteiger partial charge in [0.25, 0.3) is 5.69 Å². The van der Waals surface area contributed by atoms with Gasteiger partial charge in [-0.3, -0.25) is 24.0 Å². The van der Waals surface area contributed by atoms with E-state index in [1.165, 1.54) is 23.1 Å². The maximum absolute atomic E-state index is 13.4. The van der Waals surface area contributed by atoms with Gasteiger partial charge in [0, 0.05) is 29.7 Å². The number of rotatable bonds is 11. The number of nitrogens with zero attached hydrogens (tertiary/aromatic N) is 3. The van der Waals surface area contributed by atoms with Crippen LogP contribution in [0, 0.1) is 16.0 Å². The average molecular weight is 569 g/mol. The van der Waals surface area contributed by atoms with Crippen LogP contribution in [0.15, 0.2) is 53.0 Å². The highest BCUT2D eigenvalue weighted by molar-refractivity contribution is 9.10. The van der Waals surface area contributed by atoms with Gasteiger partial charge in [-0.15, -0.1) is 0 Å². The van der Waals surface area contributed by atoms with E-state index >= 15 is 0 Å². The number of carbonyl (C=O) groups is 2. The molecule has 1 atom stereocenters. The van der Waals surface area contributed by atoms with Crippen molar-refractivity contribution in [1.29, 1.82) is 0 Å². The summed E-state index contributed by atoms with van der Waals surface area (Å²) in [5.74, 6) is -0.793. The zero-order valence-corrected chi connectivity index (χ0v) is 22.4.